The fourth-order valence-corrected chi connectivity index (χ4v) is 6.26. The van der Waals surface area contributed by atoms with Crippen LogP contribution in [0.25, 0.3) is 11.3 Å². The lowest BCUT2D eigenvalue weighted by atomic mass is 9.90. The van der Waals surface area contributed by atoms with E-state index in [4.69, 9.17) is 0 Å². The Labute approximate surface area is 215 Å². The van der Waals surface area contributed by atoms with Gasteiger partial charge in [-0.15, -0.1) is 0 Å². The van der Waals surface area contributed by atoms with E-state index in [2.05, 4.69) is 15.0 Å². The zero-order valence-electron chi connectivity index (χ0n) is 20.3. The second-order valence-electron chi connectivity index (χ2n) is 9.21. The molecule has 1 aliphatic rings. The fraction of sp³-hybridized carbons (Fsp3) is 0.360. The van der Waals surface area contributed by atoms with Gasteiger partial charge in [-0.1, -0.05) is 0 Å². The highest BCUT2D eigenvalue weighted by molar-refractivity contribution is 7.89. The summed E-state index contributed by atoms with van der Waals surface area (Å²) in [6.07, 6.45) is -5.58. The van der Waals surface area contributed by atoms with Crippen molar-refractivity contribution in [2.24, 2.45) is 0 Å². The quantitative estimate of drug-likeness (QED) is 0.393. The van der Waals surface area contributed by atoms with E-state index in [1.54, 1.807) is 6.92 Å². The monoisotopic (exact) mass is 554 g/mol. The van der Waals surface area contributed by atoms with Gasteiger partial charge >= 0.3 is 6.18 Å². The SMILES string of the molecule is Cc1nc(CCC(=O)[C@]2(C)C[C@@H](F)CN2S(=O)(=O)c2ccc(F)cc2)cc(-c2ccc(C(F)(F)F)nc2)n1. The van der Waals surface area contributed by atoms with E-state index in [1.165, 1.54) is 19.1 Å². The van der Waals surface area contributed by atoms with Gasteiger partial charge in [0.2, 0.25) is 10.0 Å². The van der Waals surface area contributed by atoms with Crippen LogP contribution in [0.2, 0.25) is 0 Å². The minimum Gasteiger partial charge on any atom is -0.298 e. The van der Waals surface area contributed by atoms with Crippen LogP contribution < -0.4 is 0 Å². The van der Waals surface area contributed by atoms with Crippen molar-refractivity contribution in [1.82, 2.24) is 19.3 Å². The Bertz CT molecular complexity index is 1450. The van der Waals surface area contributed by atoms with Gasteiger partial charge < -0.3 is 0 Å². The molecule has 3 heterocycles. The summed E-state index contributed by atoms with van der Waals surface area (Å²) < 4.78 is 93.5. The molecule has 0 spiro atoms. The molecule has 0 unspecified atom stereocenters. The third kappa shape index (κ3) is 5.58. The predicted octanol–water partition coefficient (Wildman–Crippen LogP) is 4.70. The third-order valence-corrected chi connectivity index (χ3v) is 8.38. The molecule has 1 aromatic carbocycles. The zero-order chi connectivity index (χ0) is 27.9. The standard InChI is InChI=1S/C25H23F5N4O3S/c1-15-32-19(11-21(33-15)16-3-9-22(31-13-16)25(28,29)30)6-10-23(35)24(2)12-18(27)14-34(24)38(36,37)20-7-4-17(26)5-8-20/h3-5,7-9,11,13,18H,6,10,12,14H2,1-2H3/t18-,24+/m1/s1. The number of ketones is 1. The predicted molar refractivity (Wildman–Crippen MR) is 127 cm³/mol. The van der Waals surface area contributed by atoms with Crippen LogP contribution in [-0.4, -0.2) is 51.7 Å². The number of hydrogen-bond donors (Lipinski definition) is 0. The van der Waals surface area contributed by atoms with Crippen molar-refractivity contribution in [3.8, 4) is 11.3 Å². The Morgan fingerprint density at radius 1 is 1.13 bits per heavy atom. The Kier molecular flexibility index (Phi) is 7.36. The number of aromatic nitrogens is 3. The van der Waals surface area contributed by atoms with E-state index in [0.717, 1.165) is 40.8 Å². The lowest BCUT2D eigenvalue weighted by Crippen LogP contribution is -2.50. The van der Waals surface area contributed by atoms with Crippen LogP contribution >= 0.6 is 0 Å². The number of hydrogen-bond acceptors (Lipinski definition) is 6. The molecule has 1 aliphatic heterocycles. The van der Waals surface area contributed by atoms with Crippen LogP contribution in [0, 0.1) is 12.7 Å². The normalized spacial score (nSPS) is 20.6. The first-order chi connectivity index (χ1) is 17.7. The Balaban J connectivity index is 1.54. The molecule has 202 valence electrons. The second-order valence-corrected chi connectivity index (χ2v) is 11.1. The van der Waals surface area contributed by atoms with E-state index < -0.39 is 51.7 Å². The van der Waals surface area contributed by atoms with E-state index in [1.807, 2.05) is 0 Å². The van der Waals surface area contributed by atoms with Gasteiger partial charge in [0, 0.05) is 36.8 Å². The van der Waals surface area contributed by atoms with Crippen LogP contribution in [0.3, 0.4) is 0 Å². The minimum absolute atomic E-state index is 0.0558. The lowest BCUT2D eigenvalue weighted by molar-refractivity contribution is -0.141. The van der Waals surface area contributed by atoms with Gasteiger partial charge in [-0.05, 0) is 62.7 Å². The van der Waals surface area contributed by atoms with Crippen molar-refractivity contribution < 1.29 is 35.2 Å². The summed E-state index contributed by atoms with van der Waals surface area (Å²) in [6.45, 7) is 2.43. The number of pyridine rings is 1. The third-order valence-electron chi connectivity index (χ3n) is 6.38. The Hall–Kier alpha value is -3.32. The first-order valence-electron chi connectivity index (χ1n) is 11.5. The molecule has 0 radical (unpaired) electrons. The Morgan fingerprint density at radius 2 is 1.82 bits per heavy atom. The number of halogens is 5. The summed E-state index contributed by atoms with van der Waals surface area (Å²) in [7, 11) is -4.29. The van der Waals surface area contributed by atoms with Crippen LogP contribution in [0.5, 0.6) is 0 Å². The van der Waals surface area contributed by atoms with E-state index in [0.29, 0.717) is 22.8 Å². The summed E-state index contributed by atoms with van der Waals surface area (Å²) in [5.41, 5.74) is -1.70. The molecule has 7 nitrogen and oxygen atoms in total. The molecule has 0 bridgehead atoms. The first-order valence-corrected chi connectivity index (χ1v) is 13.0. The van der Waals surface area contributed by atoms with Gasteiger partial charge in [0.1, 0.15) is 23.5 Å². The van der Waals surface area contributed by atoms with Gasteiger partial charge in [-0.3, -0.25) is 9.78 Å². The van der Waals surface area contributed by atoms with Crippen molar-refractivity contribution in [2.75, 3.05) is 6.54 Å². The van der Waals surface area contributed by atoms with Crippen LogP contribution in [0.1, 0.15) is 37.0 Å². The highest BCUT2D eigenvalue weighted by Gasteiger charge is 2.52. The number of alkyl halides is 4. The van der Waals surface area contributed by atoms with Crippen molar-refractivity contribution in [3.63, 3.8) is 0 Å². The summed E-state index contributed by atoms with van der Waals surface area (Å²) in [6, 6.07) is 7.62. The summed E-state index contributed by atoms with van der Waals surface area (Å²) in [5, 5.41) is 0. The molecule has 3 aromatic rings. The number of nitrogens with zero attached hydrogens (tertiary/aromatic N) is 4. The molecular weight excluding hydrogens is 531 g/mol. The molecule has 1 fully saturated rings. The number of carbonyl (C=O) groups excluding carboxylic acids is 1. The van der Waals surface area contributed by atoms with Gasteiger partial charge in [0.05, 0.1) is 16.1 Å². The number of Topliss-reactive ketones (excluding diaryl/α,β-unsaturated/α-hetero) is 1. The van der Waals surface area contributed by atoms with Crippen molar-refractivity contribution in [3.05, 3.63) is 71.7 Å². The Morgan fingerprint density at radius 3 is 2.42 bits per heavy atom. The van der Waals surface area contributed by atoms with Gasteiger partial charge in [-0.2, -0.15) is 17.5 Å². The number of benzene rings is 1. The molecule has 2 aromatic heterocycles. The maximum atomic E-state index is 14.5. The van der Waals surface area contributed by atoms with Gasteiger partial charge in [-0.25, -0.2) is 27.2 Å². The molecule has 13 heteroatoms. The summed E-state index contributed by atoms with van der Waals surface area (Å²) in [4.78, 5) is 25.0. The number of rotatable bonds is 7. The minimum atomic E-state index is -4.58. The maximum Gasteiger partial charge on any atom is 0.433 e. The first kappa shape index (κ1) is 27.7. The molecule has 0 aliphatic carbocycles. The molecule has 0 N–H and O–H groups in total. The molecule has 1 saturated heterocycles. The lowest BCUT2D eigenvalue weighted by Gasteiger charge is -2.32. The average molecular weight is 555 g/mol. The molecule has 38 heavy (non-hydrogen) atoms. The second kappa shape index (κ2) is 10.1. The van der Waals surface area contributed by atoms with Crippen LogP contribution in [-0.2, 0) is 27.4 Å². The number of sulfonamides is 1. The molecule has 2 atom stereocenters. The van der Waals surface area contributed by atoms with Crippen molar-refractivity contribution in [2.45, 2.75) is 55.9 Å². The van der Waals surface area contributed by atoms with Crippen molar-refractivity contribution in [1.29, 1.82) is 0 Å². The molecule has 4 rings (SSSR count). The van der Waals surface area contributed by atoms with Gasteiger partial charge in [0.15, 0.2) is 5.78 Å². The fourth-order valence-electron chi connectivity index (χ4n) is 4.46. The summed E-state index contributed by atoms with van der Waals surface area (Å²) in [5.74, 6) is -0.863. The topological polar surface area (TPSA) is 93.1 Å². The van der Waals surface area contributed by atoms with E-state index in [-0.39, 0.29) is 24.2 Å². The highest BCUT2D eigenvalue weighted by Crippen LogP contribution is 2.38. The maximum absolute atomic E-state index is 14.5. The molecule has 0 amide bonds. The molecule has 0 saturated carbocycles. The number of aryl methyl sites for hydroxylation is 2. The molecular formula is C25H23F5N4O3S. The van der Waals surface area contributed by atoms with Gasteiger partial charge in [0.25, 0.3) is 0 Å². The number of carbonyl (C=O) groups is 1. The van der Waals surface area contributed by atoms with Crippen LogP contribution in [0.15, 0.2) is 53.6 Å². The average Bonchev–Trinajstić information content (AvgIpc) is 3.18. The summed E-state index contributed by atoms with van der Waals surface area (Å²) >= 11 is 0. The van der Waals surface area contributed by atoms with E-state index >= 15 is 0 Å². The van der Waals surface area contributed by atoms with E-state index in [9.17, 15) is 35.2 Å². The highest BCUT2D eigenvalue weighted by atomic mass is 32.2. The van der Waals surface area contributed by atoms with Crippen LogP contribution in [0.4, 0.5) is 22.0 Å². The largest absolute Gasteiger partial charge is 0.433 e. The van der Waals surface area contributed by atoms with Crippen molar-refractivity contribution >= 4 is 15.8 Å². The zero-order valence-corrected chi connectivity index (χ0v) is 21.2. The smallest absolute Gasteiger partial charge is 0.298 e.